The fourth-order valence-corrected chi connectivity index (χ4v) is 0.454. The molecule has 0 aliphatic heterocycles. The maximum Gasteiger partial charge on any atom is 0.443 e. The zero-order chi connectivity index (χ0) is 9.99. The molecule has 12 heavy (non-hydrogen) atoms. The van der Waals surface area contributed by atoms with Crippen LogP contribution in [0.3, 0.4) is 0 Å². The van der Waals surface area contributed by atoms with Gasteiger partial charge in [0.05, 0.1) is 6.61 Å². The molecule has 0 aliphatic carbocycles. The first-order chi connectivity index (χ1) is 5.13. The van der Waals surface area contributed by atoms with Gasteiger partial charge in [-0.2, -0.15) is 18.3 Å². The summed E-state index contributed by atoms with van der Waals surface area (Å²) in [7, 11) is 0. The molecule has 0 aromatic rings. The van der Waals surface area contributed by atoms with Crippen molar-refractivity contribution in [3.05, 3.63) is 0 Å². The monoisotopic (exact) mass is 245 g/mol. The zero-order valence-electron chi connectivity index (χ0n) is 5.37. The first-order valence-electron chi connectivity index (χ1n) is 2.54. The van der Waals surface area contributed by atoms with E-state index in [-0.39, 0.29) is 0 Å². The number of ether oxygens (including phenoxy) is 1. The van der Waals surface area contributed by atoms with Crippen LogP contribution in [0.25, 0.3) is 0 Å². The Morgan fingerprint density at radius 3 is 1.92 bits per heavy atom. The molecule has 0 spiro atoms. The molecular formula is C4H3Cl3F3O2. The highest BCUT2D eigenvalue weighted by Gasteiger charge is 2.42. The highest BCUT2D eigenvalue weighted by atomic mass is 35.6. The smallest absolute Gasteiger partial charge is 0.338 e. The van der Waals surface area contributed by atoms with Gasteiger partial charge in [0.2, 0.25) is 3.79 Å². The van der Waals surface area contributed by atoms with Gasteiger partial charge < -0.3 is 4.74 Å². The van der Waals surface area contributed by atoms with Crippen molar-refractivity contribution in [3.63, 3.8) is 0 Å². The molecule has 0 aliphatic rings. The van der Waals surface area contributed by atoms with E-state index in [4.69, 9.17) is 34.8 Å². The van der Waals surface area contributed by atoms with Crippen LogP contribution in [-0.2, 0) is 9.84 Å². The van der Waals surface area contributed by atoms with E-state index in [1.807, 2.05) is 0 Å². The third-order valence-corrected chi connectivity index (χ3v) is 0.993. The quantitative estimate of drug-likeness (QED) is 0.544. The fraction of sp³-hybridized carbons (Fsp3) is 1.00. The number of hydrogen-bond acceptors (Lipinski definition) is 1. The van der Waals surface area contributed by atoms with Crippen LogP contribution in [0.2, 0.25) is 0 Å². The van der Waals surface area contributed by atoms with E-state index in [9.17, 15) is 18.3 Å². The maximum atomic E-state index is 11.5. The van der Waals surface area contributed by atoms with E-state index in [0.717, 1.165) is 0 Å². The predicted octanol–water partition coefficient (Wildman–Crippen LogP) is 2.69. The van der Waals surface area contributed by atoms with Gasteiger partial charge in [0, 0.05) is 0 Å². The Labute approximate surface area is 81.1 Å². The SMILES string of the molecule is [O]C(OCC(Cl)(Cl)Cl)C(F)(F)F. The maximum absolute atomic E-state index is 11.5. The Kier molecular flexibility index (Phi) is 4.40. The fourth-order valence-electron chi connectivity index (χ4n) is 0.265. The lowest BCUT2D eigenvalue weighted by Crippen LogP contribution is -2.32. The van der Waals surface area contributed by atoms with Crippen molar-refractivity contribution in [2.24, 2.45) is 0 Å². The van der Waals surface area contributed by atoms with E-state index in [1.54, 1.807) is 0 Å². The molecule has 0 rings (SSSR count). The third kappa shape index (κ3) is 6.14. The van der Waals surface area contributed by atoms with Gasteiger partial charge in [-0.1, -0.05) is 34.8 Å². The van der Waals surface area contributed by atoms with Crippen molar-refractivity contribution in [2.45, 2.75) is 16.3 Å². The van der Waals surface area contributed by atoms with Gasteiger partial charge >= 0.3 is 6.18 Å². The van der Waals surface area contributed by atoms with Crippen LogP contribution < -0.4 is 0 Å². The topological polar surface area (TPSA) is 29.1 Å². The minimum absolute atomic E-state index is 0.897. The second-order valence-corrected chi connectivity index (χ2v) is 4.32. The molecule has 1 atom stereocenters. The minimum atomic E-state index is -4.98. The number of hydrogen-bond donors (Lipinski definition) is 0. The highest BCUT2D eigenvalue weighted by molar-refractivity contribution is 6.67. The highest BCUT2D eigenvalue weighted by Crippen LogP contribution is 2.29. The van der Waals surface area contributed by atoms with Crippen LogP contribution in [0.5, 0.6) is 0 Å². The molecule has 0 aromatic carbocycles. The Bertz CT molecular complexity index is 143. The van der Waals surface area contributed by atoms with E-state index in [0.29, 0.717) is 0 Å². The summed E-state index contributed by atoms with van der Waals surface area (Å²) in [6, 6.07) is 0. The van der Waals surface area contributed by atoms with E-state index >= 15 is 0 Å². The Morgan fingerprint density at radius 1 is 1.25 bits per heavy atom. The van der Waals surface area contributed by atoms with Gasteiger partial charge in [0.1, 0.15) is 0 Å². The molecule has 1 radical (unpaired) electrons. The summed E-state index contributed by atoms with van der Waals surface area (Å²) in [5, 5.41) is 10.1. The van der Waals surface area contributed by atoms with Gasteiger partial charge in [-0.15, -0.1) is 0 Å². The average Bonchev–Trinajstić information content (AvgIpc) is 1.78. The molecule has 73 valence electrons. The summed E-state index contributed by atoms with van der Waals surface area (Å²) in [6.45, 7) is -0.897. The lowest BCUT2D eigenvalue weighted by Gasteiger charge is -2.16. The first kappa shape index (κ1) is 12.6. The Hall–Kier alpha value is 0.580. The second kappa shape index (κ2) is 4.19. The van der Waals surface area contributed by atoms with Gasteiger partial charge in [-0.25, -0.2) is 0 Å². The average molecular weight is 246 g/mol. The van der Waals surface area contributed by atoms with Gasteiger partial charge in [0.15, 0.2) is 0 Å². The largest absolute Gasteiger partial charge is 0.443 e. The number of halogens is 6. The number of alkyl halides is 6. The van der Waals surface area contributed by atoms with Crippen molar-refractivity contribution >= 4 is 34.8 Å². The minimum Gasteiger partial charge on any atom is -0.338 e. The van der Waals surface area contributed by atoms with Crippen molar-refractivity contribution in [1.29, 1.82) is 0 Å². The second-order valence-electron chi connectivity index (χ2n) is 1.80. The molecule has 0 saturated carbocycles. The third-order valence-electron chi connectivity index (χ3n) is 0.666. The summed E-state index contributed by atoms with van der Waals surface area (Å²) >= 11 is 15.1. The molecule has 1 unspecified atom stereocenters. The molecule has 0 saturated heterocycles. The van der Waals surface area contributed by atoms with E-state index in [2.05, 4.69) is 4.74 Å². The lowest BCUT2D eigenvalue weighted by molar-refractivity contribution is -0.313. The van der Waals surface area contributed by atoms with Crippen molar-refractivity contribution < 1.29 is 23.0 Å². The first-order valence-corrected chi connectivity index (χ1v) is 3.67. The van der Waals surface area contributed by atoms with Gasteiger partial charge in [-0.05, 0) is 0 Å². The molecule has 0 heterocycles. The van der Waals surface area contributed by atoms with Crippen molar-refractivity contribution in [3.8, 4) is 0 Å². The molecule has 8 heteroatoms. The summed E-state index contributed by atoms with van der Waals surface area (Å²) in [5.41, 5.74) is 0. The predicted molar refractivity (Wildman–Crippen MR) is 36.8 cm³/mol. The van der Waals surface area contributed by atoms with Gasteiger partial charge in [0.25, 0.3) is 6.29 Å². The van der Waals surface area contributed by atoms with E-state index in [1.165, 1.54) is 0 Å². The van der Waals surface area contributed by atoms with Crippen LogP contribution in [0.15, 0.2) is 0 Å². The van der Waals surface area contributed by atoms with Crippen molar-refractivity contribution in [2.75, 3.05) is 6.61 Å². The molecule has 0 amide bonds. The Morgan fingerprint density at radius 2 is 1.67 bits per heavy atom. The number of rotatable bonds is 2. The molecule has 2 nitrogen and oxygen atoms in total. The normalized spacial score (nSPS) is 16.2. The summed E-state index contributed by atoms with van der Waals surface area (Å²) in [6.07, 6.45) is -8.15. The van der Waals surface area contributed by atoms with Crippen LogP contribution in [0.4, 0.5) is 13.2 Å². The molecular weight excluding hydrogens is 243 g/mol. The van der Waals surface area contributed by atoms with Gasteiger partial charge in [-0.3, -0.25) is 0 Å². The summed E-state index contributed by atoms with van der Waals surface area (Å²) in [4.78, 5) is 0. The van der Waals surface area contributed by atoms with Crippen molar-refractivity contribution in [1.82, 2.24) is 0 Å². The summed E-state index contributed by atoms with van der Waals surface area (Å²) < 4.78 is 36.1. The molecule has 0 bridgehead atoms. The Balaban J connectivity index is 3.80. The van der Waals surface area contributed by atoms with E-state index < -0.39 is 22.9 Å². The standard InChI is InChI=1S/C4H3Cl3F3O2/c5-3(6,7)1-12-2(11)4(8,9)10/h2H,1H2. The summed E-state index contributed by atoms with van der Waals surface area (Å²) in [5.74, 6) is 0. The lowest BCUT2D eigenvalue weighted by atomic mass is 10.6. The van der Waals surface area contributed by atoms with Crippen LogP contribution >= 0.6 is 34.8 Å². The molecule has 0 N–H and O–H groups in total. The molecule has 0 aromatic heterocycles. The van der Waals surface area contributed by atoms with Crippen LogP contribution in [-0.4, -0.2) is 22.9 Å². The van der Waals surface area contributed by atoms with Crippen LogP contribution in [0.1, 0.15) is 0 Å². The molecule has 0 fully saturated rings. The van der Waals surface area contributed by atoms with Crippen LogP contribution in [0, 0.1) is 0 Å². The zero-order valence-corrected chi connectivity index (χ0v) is 7.64.